The van der Waals surface area contributed by atoms with Crippen molar-refractivity contribution in [3.63, 3.8) is 0 Å². The first-order chi connectivity index (χ1) is 9.28. The molecule has 0 atom stereocenters. The number of rotatable bonds is 4. The van der Waals surface area contributed by atoms with Gasteiger partial charge in [-0.2, -0.15) is 0 Å². The van der Waals surface area contributed by atoms with Gasteiger partial charge in [0.1, 0.15) is 0 Å². The van der Waals surface area contributed by atoms with Crippen LogP contribution in [0.4, 0.5) is 0 Å². The number of carbonyl (C=O) groups excluding carboxylic acids is 1. The molecule has 19 heavy (non-hydrogen) atoms. The van der Waals surface area contributed by atoms with E-state index in [-0.39, 0.29) is 5.91 Å². The van der Waals surface area contributed by atoms with Crippen LogP contribution >= 0.6 is 11.8 Å². The van der Waals surface area contributed by atoms with Crippen molar-refractivity contribution < 1.29 is 4.79 Å². The molecule has 1 saturated carbocycles. The third kappa shape index (κ3) is 4.67. The Bertz CT molecular complexity index is 439. The molecule has 5 heteroatoms. The largest absolute Gasteiger partial charge is 0.350 e. The first kappa shape index (κ1) is 14.1. The molecule has 1 amide bonds. The molecule has 1 heterocycles. The lowest BCUT2D eigenvalue weighted by molar-refractivity contribution is -0.117. The Morgan fingerprint density at radius 3 is 2.63 bits per heavy atom. The van der Waals surface area contributed by atoms with E-state index in [0.717, 1.165) is 23.6 Å². The molecule has 0 spiro atoms. The number of hydrogen-bond acceptors (Lipinski definition) is 4. The van der Waals surface area contributed by atoms with Crippen LogP contribution in [0.25, 0.3) is 6.08 Å². The van der Waals surface area contributed by atoms with Gasteiger partial charge in [-0.25, -0.2) is 9.97 Å². The minimum atomic E-state index is -0.0270. The fourth-order valence-electron chi connectivity index (χ4n) is 2.19. The maximum atomic E-state index is 11.8. The second-order valence-electron chi connectivity index (χ2n) is 4.68. The zero-order chi connectivity index (χ0) is 13.5. The fourth-order valence-corrected chi connectivity index (χ4v) is 2.50. The van der Waals surface area contributed by atoms with E-state index in [1.165, 1.54) is 31.0 Å². The molecule has 1 aliphatic rings. The summed E-state index contributed by atoms with van der Waals surface area (Å²) in [5.41, 5.74) is 0.844. The van der Waals surface area contributed by atoms with Gasteiger partial charge in [-0.15, -0.1) is 0 Å². The Kier molecular flexibility index (Phi) is 5.39. The Hall–Kier alpha value is -1.36. The van der Waals surface area contributed by atoms with E-state index in [2.05, 4.69) is 15.3 Å². The van der Waals surface area contributed by atoms with Crippen molar-refractivity contribution in [2.75, 3.05) is 6.26 Å². The molecule has 2 rings (SSSR count). The SMILES string of the molecule is CSc1ncc(C=CC(=O)NC2CCCCC2)cn1. The van der Waals surface area contributed by atoms with E-state index in [1.807, 2.05) is 6.26 Å². The predicted molar refractivity (Wildman–Crippen MR) is 77.9 cm³/mol. The summed E-state index contributed by atoms with van der Waals surface area (Å²) in [6.45, 7) is 0. The highest BCUT2D eigenvalue weighted by molar-refractivity contribution is 7.98. The lowest BCUT2D eigenvalue weighted by Gasteiger charge is -2.21. The van der Waals surface area contributed by atoms with E-state index in [4.69, 9.17) is 0 Å². The predicted octanol–water partition coefficient (Wildman–Crippen LogP) is 2.66. The van der Waals surface area contributed by atoms with Gasteiger partial charge in [-0.05, 0) is 25.2 Å². The molecule has 4 nitrogen and oxygen atoms in total. The molecule has 1 aliphatic carbocycles. The maximum Gasteiger partial charge on any atom is 0.244 e. The van der Waals surface area contributed by atoms with E-state index in [9.17, 15) is 4.79 Å². The number of thioether (sulfide) groups is 1. The summed E-state index contributed by atoms with van der Waals surface area (Å²) in [7, 11) is 0. The lowest BCUT2D eigenvalue weighted by atomic mass is 9.95. The molecule has 1 aromatic heterocycles. The molecule has 0 aliphatic heterocycles. The van der Waals surface area contributed by atoms with Crippen molar-refractivity contribution in [3.05, 3.63) is 24.0 Å². The van der Waals surface area contributed by atoms with Gasteiger partial charge in [-0.3, -0.25) is 4.79 Å². The van der Waals surface area contributed by atoms with Gasteiger partial charge in [0.2, 0.25) is 5.91 Å². The summed E-state index contributed by atoms with van der Waals surface area (Å²) in [6, 6.07) is 0.348. The highest BCUT2D eigenvalue weighted by atomic mass is 32.2. The molecule has 0 saturated heterocycles. The maximum absolute atomic E-state index is 11.8. The van der Waals surface area contributed by atoms with E-state index in [1.54, 1.807) is 24.5 Å². The van der Waals surface area contributed by atoms with Crippen LogP contribution in [-0.2, 0) is 4.79 Å². The fraction of sp³-hybridized carbons (Fsp3) is 0.500. The van der Waals surface area contributed by atoms with Crippen LogP contribution in [-0.4, -0.2) is 28.2 Å². The molecule has 1 fully saturated rings. The van der Waals surface area contributed by atoms with Crippen molar-refractivity contribution in [2.24, 2.45) is 0 Å². The summed E-state index contributed by atoms with van der Waals surface area (Å²) < 4.78 is 0. The van der Waals surface area contributed by atoms with E-state index < -0.39 is 0 Å². The van der Waals surface area contributed by atoms with Crippen molar-refractivity contribution in [2.45, 2.75) is 43.3 Å². The molecule has 0 radical (unpaired) electrons. The Morgan fingerprint density at radius 1 is 1.32 bits per heavy atom. The molecule has 1 aromatic rings. The number of amides is 1. The summed E-state index contributed by atoms with van der Waals surface area (Å²) in [6.07, 6.45) is 14.6. The van der Waals surface area contributed by atoms with Crippen LogP contribution in [0.1, 0.15) is 37.7 Å². The molecular weight excluding hydrogens is 258 g/mol. The minimum absolute atomic E-state index is 0.0270. The number of nitrogens with zero attached hydrogens (tertiary/aromatic N) is 2. The van der Waals surface area contributed by atoms with Crippen molar-refractivity contribution in [3.8, 4) is 0 Å². The van der Waals surface area contributed by atoms with Crippen LogP contribution in [0.15, 0.2) is 23.6 Å². The van der Waals surface area contributed by atoms with E-state index >= 15 is 0 Å². The number of nitrogens with one attached hydrogen (secondary N) is 1. The first-order valence-corrected chi connectivity index (χ1v) is 7.85. The van der Waals surface area contributed by atoms with Crippen LogP contribution in [0.3, 0.4) is 0 Å². The Labute approximate surface area is 118 Å². The highest BCUT2D eigenvalue weighted by Gasteiger charge is 2.13. The summed E-state index contributed by atoms with van der Waals surface area (Å²) in [4.78, 5) is 20.1. The summed E-state index contributed by atoms with van der Waals surface area (Å²) in [5, 5.41) is 3.78. The van der Waals surface area contributed by atoms with Crippen molar-refractivity contribution >= 4 is 23.7 Å². The minimum Gasteiger partial charge on any atom is -0.350 e. The molecular formula is C14H19N3OS. The van der Waals surface area contributed by atoms with Crippen LogP contribution in [0.5, 0.6) is 0 Å². The van der Waals surface area contributed by atoms with Crippen LogP contribution in [0.2, 0.25) is 0 Å². The third-order valence-electron chi connectivity index (χ3n) is 3.21. The van der Waals surface area contributed by atoms with Gasteiger partial charge >= 0.3 is 0 Å². The van der Waals surface area contributed by atoms with Gasteiger partial charge in [0.05, 0.1) is 0 Å². The van der Waals surface area contributed by atoms with Crippen LogP contribution < -0.4 is 5.32 Å². The van der Waals surface area contributed by atoms with Gasteiger partial charge in [0, 0.05) is 30.1 Å². The molecule has 0 aromatic carbocycles. The lowest BCUT2D eigenvalue weighted by Crippen LogP contribution is -2.34. The van der Waals surface area contributed by atoms with E-state index in [0.29, 0.717) is 6.04 Å². The van der Waals surface area contributed by atoms with Crippen molar-refractivity contribution in [1.29, 1.82) is 0 Å². The standard InChI is InChI=1S/C14H19N3OS/c1-19-14-15-9-11(10-16-14)7-8-13(18)17-12-5-3-2-4-6-12/h7-10,12H,2-6H2,1H3,(H,17,18). The highest BCUT2D eigenvalue weighted by Crippen LogP contribution is 2.17. The average molecular weight is 277 g/mol. The Balaban J connectivity index is 1.84. The van der Waals surface area contributed by atoms with Gasteiger partial charge < -0.3 is 5.32 Å². The first-order valence-electron chi connectivity index (χ1n) is 6.62. The average Bonchev–Trinajstić information content (AvgIpc) is 2.47. The molecule has 0 unspecified atom stereocenters. The quantitative estimate of drug-likeness (QED) is 0.522. The molecule has 1 N–H and O–H groups in total. The second-order valence-corrected chi connectivity index (χ2v) is 5.45. The topological polar surface area (TPSA) is 54.9 Å². The van der Waals surface area contributed by atoms with Gasteiger partial charge in [0.25, 0.3) is 0 Å². The monoisotopic (exact) mass is 277 g/mol. The summed E-state index contributed by atoms with van der Waals surface area (Å²) in [5.74, 6) is -0.0270. The smallest absolute Gasteiger partial charge is 0.244 e. The summed E-state index contributed by atoms with van der Waals surface area (Å²) >= 11 is 1.50. The number of hydrogen-bond donors (Lipinski definition) is 1. The van der Waals surface area contributed by atoms with Crippen molar-refractivity contribution in [1.82, 2.24) is 15.3 Å². The molecule has 102 valence electrons. The Morgan fingerprint density at radius 2 is 2.00 bits per heavy atom. The zero-order valence-electron chi connectivity index (χ0n) is 11.1. The van der Waals surface area contributed by atoms with Gasteiger partial charge in [-0.1, -0.05) is 31.0 Å². The van der Waals surface area contributed by atoms with Crippen LogP contribution in [0, 0.1) is 0 Å². The third-order valence-corrected chi connectivity index (χ3v) is 3.79. The number of carbonyl (C=O) groups is 1. The molecule has 0 bridgehead atoms. The number of aromatic nitrogens is 2. The zero-order valence-corrected chi connectivity index (χ0v) is 11.9. The van der Waals surface area contributed by atoms with Gasteiger partial charge in [0.15, 0.2) is 5.16 Å². The normalized spacial score (nSPS) is 16.7. The second kappa shape index (κ2) is 7.28.